The van der Waals surface area contributed by atoms with Crippen molar-refractivity contribution >= 4 is 44.6 Å². The zero-order valence-corrected chi connectivity index (χ0v) is 20.8. The minimum Gasteiger partial charge on any atom is -0.491 e. The maximum Gasteiger partial charge on any atom is 0.282 e. The Morgan fingerprint density at radius 2 is 2.00 bits per heavy atom. The van der Waals surface area contributed by atoms with E-state index in [4.69, 9.17) is 21.3 Å². The predicted molar refractivity (Wildman–Crippen MR) is 132 cm³/mol. The van der Waals surface area contributed by atoms with Crippen molar-refractivity contribution in [3.63, 3.8) is 0 Å². The molecule has 1 atom stereocenters. The molecule has 31 heavy (non-hydrogen) atoms. The van der Waals surface area contributed by atoms with Crippen LogP contribution in [0.1, 0.15) is 58.3 Å². The molecule has 0 saturated carbocycles. The van der Waals surface area contributed by atoms with Crippen LogP contribution in [-0.4, -0.2) is 22.5 Å². The average Bonchev–Trinajstić information content (AvgIpc) is 2.71. The Morgan fingerprint density at radius 3 is 2.65 bits per heavy atom. The highest BCUT2D eigenvalue weighted by Crippen LogP contribution is 2.27. The van der Waals surface area contributed by atoms with Crippen molar-refractivity contribution in [2.45, 2.75) is 47.0 Å². The molecule has 0 bridgehead atoms. The first kappa shape index (κ1) is 23.5. The highest BCUT2D eigenvalue weighted by molar-refractivity contribution is 9.10. The number of hydrogen-bond donors (Lipinski definition) is 0. The van der Waals surface area contributed by atoms with Crippen LogP contribution < -0.4 is 10.3 Å². The lowest BCUT2D eigenvalue weighted by atomic mass is 9.99. The summed E-state index contributed by atoms with van der Waals surface area (Å²) in [6.07, 6.45) is 2.47. The predicted octanol–water partition coefficient (Wildman–Crippen LogP) is 6.63. The number of hydrogen-bond acceptors (Lipinski definition) is 4. The van der Waals surface area contributed by atoms with E-state index < -0.39 is 0 Å². The van der Waals surface area contributed by atoms with E-state index in [0.29, 0.717) is 34.1 Å². The number of ether oxygens (including phenoxy) is 1. The van der Waals surface area contributed by atoms with Gasteiger partial charge in [0.2, 0.25) is 0 Å². The van der Waals surface area contributed by atoms with Gasteiger partial charge >= 0.3 is 0 Å². The van der Waals surface area contributed by atoms with Crippen molar-refractivity contribution < 1.29 is 4.74 Å². The Morgan fingerprint density at radius 1 is 1.26 bits per heavy atom. The molecule has 0 radical (unpaired) electrons. The molecule has 0 fully saturated rings. The van der Waals surface area contributed by atoms with Crippen LogP contribution in [0.15, 0.2) is 50.8 Å². The quantitative estimate of drug-likeness (QED) is 0.354. The Bertz CT molecular complexity index is 1180. The lowest BCUT2D eigenvalue weighted by molar-refractivity contribution is 0.198. The summed E-state index contributed by atoms with van der Waals surface area (Å²) in [6, 6.07) is 11.0. The van der Waals surface area contributed by atoms with E-state index in [1.807, 2.05) is 31.2 Å². The largest absolute Gasteiger partial charge is 0.491 e. The van der Waals surface area contributed by atoms with Crippen LogP contribution >= 0.6 is 27.5 Å². The van der Waals surface area contributed by atoms with Gasteiger partial charge in [0.25, 0.3) is 5.56 Å². The summed E-state index contributed by atoms with van der Waals surface area (Å²) in [5, 5.41) is 5.50. The van der Waals surface area contributed by atoms with E-state index in [1.54, 1.807) is 18.3 Å². The molecule has 0 spiro atoms. The van der Waals surface area contributed by atoms with Crippen molar-refractivity contribution in [3.05, 3.63) is 67.6 Å². The molecule has 3 aromatic rings. The average molecular weight is 505 g/mol. The van der Waals surface area contributed by atoms with Gasteiger partial charge in [-0.1, -0.05) is 62.1 Å². The van der Waals surface area contributed by atoms with Gasteiger partial charge in [-0.05, 0) is 53.8 Å². The molecule has 0 saturated heterocycles. The smallest absolute Gasteiger partial charge is 0.282 e. The molecule has 1 heterocycles. The lowest BCUT2D eigenvalue weighted by Gasteiger charge is -2.19. The van der Waals surface area contributed by atoms with Gasteiger partial charge in [-0.25, -0.2) is 4.98 Å². The molecule has 0 aliphatic heterocycles. The summed E-state index contributed by atoms with van der Waals surface area (Å²) in [6.45, 7) is 11.0. The van der Waals surface area contributed by atoms with Crippen LogP contribution in [0.4, 0.5) is 0 Å². The molecule has 1 aromatic heterocycles. The molecule has 164 valence electrons. The van der Waals surface area contributed by atoms with Crippen LogP contribution in [0.3, 0.4) is 0 Å². The van der Waals surface area contributed by atoms with Crippen LogP contribution in [0.5, 0.6) is 5.75 Å². The van der Waals surface area contributed by atoms with Gasteiger partial charge in [-0.3, -0.25) is 4.79 Å². The summed E-state index contributed by atoms with van der Waals surface area (Å²) in [4.78, 5) is 17.9. The fourth-order valence-corrected chi connectivity index (χ4v) is 3.52. The molecule has 0 N–H and O–H groups in total. The molecule has 0 aliphatic rings. The van der Waals surface area contributed by atoms with Gasteiger partial charge in [-0.15, -0.1) is 0 Å². The van der Waals surface area contributed by atoms with Gasteiger partial charge in [0.15, 0.2) is 0 Å². The molecular weight excluding hydrogens is 478 g/mol. The Labute approximate surface area is 196 Å². The fraction of sp³-hybridized carbons (Fsp3) is 0.375. The molecule has 0 unspecified atom stereocenters. The van der Waals surface area contributed by atoms with Crippen molar-refractivity contribution in [1.29, 1.82) is 0 Å². The van der Waals surface area contributed by atoms with Crippen LogP contribution in [-0.2, 0) is 0 Å². The number of benzene rings is 2. The highest BCUT2D eigenvalue weighted by atomic mass is 79.9. The Hall–Kier alpha value is -2.18. The minimum atomic E-state index is -0.200. The van der Waals surface area contributed by atoms with Crippen molar-refractivity contribution in [2.75, 3.05) is 6.61 Å². The van der Waals surface area contributed by atoms with Crippen molar-refractivity contribution in [1.82, 2.24) is 9.66 Å². The molecule has 3 rings (SSSR count). The molecule has 0 amide bonds. The third-order valence-corrected chi connectivity index (χ3v) is 5.61. The molecule has 2 aromatic carbocycles. The maximum absolute atomic E-state index is 13.2. The van der Waals surface area contributed by atoms with Gasteiger partial charge in [0.05, 0.1) is 28.7 Å². The van der Waals surface area contributed by atoms with Crippen molar-refractivity contribution in [2.24, 2.45) is 10.5 Å². The van der Waals surface area contributed by atoms with Crippen LogP contribution in [0, 0.1) is 5.41 Å². The number of nitrogens with zero attached hydrogens (tertiary/aromatic N) is 3. The van der Waals surface area contributed by atoms with Crippen molar-refractivity contribution in [3.8, 4) is 5.75 Å². The first-order valence-corrected chi connectivity index (χ1v) is 11.4. The molecular formula is C24H27BrClN3O2. The van der Waals surface area contributed by atoms with Crippen LogP contribution in [0.25, 0.3) is 10.9 Å². The molecule has 5 nitrogen and oxygen atoms in total. The third-order valence-electron chi connectivity index (χ3n) is 4.83. The standard InChI is InChI=1S/C24H27BrClN3O2/c1-6-15(2)22-28-20-9-8-17(25)12-18(20)23(30)29(22)27-13-16-7-10-21(19(26)11-16)31-14-24(3,4)5/h7-13,15H,6,14H2,1-5H3/t15-/m1/s1. The van der Waals surface area contributed by atoms with Gasteiger partial charge in [-0.2, -0.15) is 9.78 Å². The number of aromatic nitrogens is 2. The maximum atomic E-state index is 13.2. The van der Waals surface area contributed by atoms with Gasteiger partial charge in [0, 0.05) is 10.4 Å². The van der Waals surface area contributed by atoms with Crippen LogP contribution in [0.2, 0.25) is 5.02 Å². The summed E-state index contributed by atoms with van der Waals surface area (Å²) in [7, 11) is 0. The topological polar surface area (TPSA) is 56.5 Å². The zero-order chi connectivity index (χ0) is 22.8. The number of halogens is 2. The van der Waals surface area contributed by atoms with Gasteiger partial charge in [0.1, 0.15) is 11.6 Å². The molecule has 7 heteroatoms. The zero-order valence-electron chi connectivity index (χ0n) is 18.4. The Balaban J connectivity index is 1.99. The SMILES string of the molecule is CC[C@@H](C)c1nc2ccc(Br)cc2c(=O)n1N=Cc1ccc(OCC(C)(C)C)c(Cl)c1. The second-order valence-corrected chi connectivity index (χ2v) is 10.2. The first-order chi connectivity index (χ1) is 14.6. The lowest BCUT2D eigenvalue weighted by Crippen LogP contribution is -2.23. The first-order valence-electron chi connectivity index (χ1n) is 10.3. The monoisotopic (exact) mass is 503 g/mol. The van der Waals surface area contributed by atoms with E-state index in [2.05, 4.69) is 48.7 Å². The highest BCUT2D eigenvalue weighted by Gasteiger charge is 2.16. The van der Waals surface area contributed by atoms with E-state index >= 15 is 0 Å². The van der Waals surface area contributed by atoms with Gasteiger partial charge < -0.3 is 4.74 Å². The van der Waals surface area contributed by atoms with E-state index in [-0.39, 0.29) is 16.9 Å². The summed E-state index contributed by atoms with van der Waals surface area (Å²) >= 11 is 9.82. The summed E-state index contributed by atoms with van der Waals surface area (Å²) in [5.41, 5.74) is 1.27. The Kier molecular flexibility index (Phi) is 7.22. The van der Waals surface area contributed by atoms with E-state index in [0.717, 1.165) is 16.5 Å². The third kappa shape index (κ3) is 5.74. The second kappa shape index (κ2) is 9.53. The fourth-order valence-electron chi connectivity index (χ4n) is 2.91. The summed E-state index contributed by atoms with van der Waals surface area (Å²) in [5.74, 6) is 1.34. The van der Waals surface area contributed by atoms with E-state index in [1.165, 1.54) is 4.68 Å². The normalized spacial score (nSPS) is 13.1. The minimum absolute atomic E-state index is 0.0368. The second-order valence-electron chi connectivity index (χ2n) is 8.84. The number of fused-ring (bicyclic) bond motifs is 1. The number of rotatable bonds is 6. The summed E-state index contributed by atoms with van der Waals surface area (Å²) < 4.78 is 8.03. The molecule has 0 aliphatic carbocycles. The van der Waals surface area contributed by atoms with E-state index in [9.17, 15) is 4.79 Å².